The number of amides is 1. The van der Waals surface area contributed by atoms with Gasteiger partial charge in [-0.25, -0.2) is 9.38 Å². The number of aromatic amines is 1. The Hall–Kier alpha value is -4.50. The molecule has 208 valence electrons. The third kappa shape index (κ3) is 6.92. The van der Waals surface area contributed by atoms with Crippen molar-refractivity contribution in [2.24, 2.45) is 4.99 Å². The topological polar surface area (TPSA) is 109 Å². The van der Waals surface area contributed by atoms with Crippen LogP contribution in [0, 0.1) is 5.82 Å². The summed E-state index contributed by atoms with van der Waals surface area (Å²) in [5.41, 5.74) is 4.09. The van der Waals surface area contributed by atoms with E-state index in [0.717, 1.165) is 24.2 Å². The predicted molar refractivity (Wildman–Crippen MR) is 155 cm³/mol. The molecule has 3 N–H and O–H groups in total. The van der Waals surface area contributed by atoms with E-state index in [1.165, 1.54) is 12.1 Å². The van der Waals surface area contributed by atoms with Gasteiger partial charge in [0.2, 0.25) is 5.91 Å². The van der Waals surface area contributed by atoms with E-state index in [1.807, 2.05) is 50.5 Å². The van der Waals surface area contributed by atoms with Crippen LogP contribution in [0.5, 0.6) is 5.88 Å². The summed E-state index contributed by atoms with van der Waals surface area (Å²) in [7, 11) is 3.98. The highest BCUT2D eigenvalue weighted by atomic mass is 19.1. The maximum atomic E-state index is 13.9. The minimum atomic E-state index is -0.892. The summed E-state index contributed by atoms with van der Waals surface area (Å²) in [5.74, 6) is -1.54. The van der Waals surface area contributed by atoms with E-state index in [-0.39, 0.29) is 18.2 Å². The minimum absolute atomic E-state index is 0.0177. The van der Waals surface area contributed by atoms with Crippen LogP contribution in [0.2, 0.25) is 0 Å². The van der Waals surface area contributed by atoms with Gasteiger partial charge in [0.25, 0.3) is 0 Å². The first-order valence-electron chi connectivity index (χ1n) is 13.1. The molecule has 4 aromatic rings. The van der Waals surface area contributed by atoms with Gasteiger partial charge in [-0.05, 0) is 87.6 Å². The molecule has 0 saturated heterocycles. The molecular formula is C31H33FN4O4. The monoisotopic (exact) mass is 544 g/mol. The number of H-pyrrole nitrogens is 1. The fourth-order valence-corrected chi connectivity index (χ4v) is 4.64. The standard InChI is InChI=1S/C31H33FN4O4/c1-20(37)36(17-5-16-35(2)3)25-12-10-24(11-13-25)33-30(22-7-4-6-21(18-22)8-15-28(38)39)29-26-14-9-23(32)19-27(26)34-31(29)40/h4,6-7,9-14,18-19,34,40H,5,8,15-17H2,1-3H3,(H,38,39). The van der Waals surface area contributed by atoms with Crippen LogP contribution in [0.4, 0.5) is 15.8 Å². The van der Waals surface area contributed by atoms with Crippen molar-refractivity contribution >= 4 is 39.9 Å². The summed E-state index contributed by atoms with van der Waals surface area (Å²) in [5, 5.41) is 20.6. The number of nitrogens with zero attached hydrogens (tertiary/aromatic N) is 3. The fourth-order valence-electron chi connectivity index (χ4n) is 4.64. The Morgan fingerprint density at radius 1 is 1.00 bits per heavy atom. The van der Waals surface area contributed by atoms with Crippen molar-refractivity contribution in [1.82, 2.24) is 9.88 Å². The molecule has 1 aromatic heterocycles. The molecule has 1 amide bonds. The average Bonchev–Trinajstić information content (AvgIpc) is 3.23. The normalized spacial score (nSPS) is 11.8. The number of rotatable bonds is 11. The largest absolute Gasteiger partial charge is 0.494 e. The smallest absolute Gasteiger partial charge is 0.303 e. The zero-order valence-corrected chi connectivity index (χ0v) is 22.8. The van der Waals surface area contributed by atoms with Crippen molar-refractivity contribution < 1.29 is 24.2 Å². The van der Waals surface area contributed by atoms with Gasteiger partial charge in [0.1, 0.15) is 5.82 Å². The molecule has 3 aromatic carbocycles. The number of aromatic hydroxyl groups is 1. The van der Waals surface area contributed by atoms with Gasteiger partial charge in [-0.2, -0.15) is 0 Å². The molecule has 0 aliphatic carbocycles. The second-order valence-corrected chi connectivity index (χ2v) is 9.94. The number of halogens is 1. The summed E-state index contributed by atoms with van der Waals surface area (Å²) in [6.07, 6.45) is 1.15. The van der Waals surface area contributed by atoms with Crippen molar-refractivity contribution in [3.8, 4) is 5.88 Å². The molecule has 0 radical (unpaired) electrons. The highest BCUT2D eigenvalue weighted by Crippen LogP contribution is 2.32. The number of carboxylic acid groups (broad SMARTS) is 1. The van der Waals surface area contributed by atoms with Gasteiger partial charge in [-0.3, -0.25) is 9.59 Å². The number of aromatic nitrogens is 1. The summed E-state index contributed by atoms with van der Waals surface area (Å²) in [6, 6.07) is 18.8. The zero-order valence-electron chi connectivity index (χ0n) is 22.8. The van der Waals surface area contributed by atoms with E-state index in [1.54, 1.807) is 30.0 Å². The van der Waals surface area contributed by atoms with E-state index in [2.05, 4.69) is 9.88 Å². The Balaban J connectivity index is 1.76. The molecule has 0 fully saturated rings. The van der Waals surface area contributed by atoms with Crippen LogP contribution in [-0.4, -0.2) is 64.9 Å². The van der Waals surface area contributed by atoms with Gasteiger partial charge in [0, 0.05) is 36.5 Å². The summed E-state index contributed by atoms with van der Waals surface area (Å²) in [6.45, 7) is 2.99. The highest BCUT2D eigenvalue weighted by Gasteiger charge is 2.20. The molecule has 40 heavy (non-hydrogen) atoms. The molecule has 0 aliphatic rings. The van der Waals surface area contributed by atoms with Gasteiger partial charge in [0.15, 0.2) is 5.88 Å². The third-order valence-electron chi connectivity index (χ3n) is 6.58. The Labute approximate surface area is 232 Å². The lowest BCUT2D eigenvalue weighted by molar-refractivity contribution is -0.137. The van der Waals surface area contributed by atoms with Gasteiger partial charge in [-0.1, -0.05) is 18.2 Å². The molecule has 0 aliphatic heterocycles. The van der Waals surface area contributed by atoms with Crippen LogP contribution in [-0.2, 0) is 16.0 Å². The van der Waals surface area contributed by atoms with E-state index in [0.29, 0.717) is 46.4 Å². The molecule has 0 spiro atoms. The molecule has 4 rings (SSSR count). The quantitative estimate of drug-likeness (QED) is 0.216. The number of nitrogens with one attached hydrogen (secondary N) is 1. The number of hydrogen-bond acceptors (Lipinski definition) is 5. The Bertz CT molecular complexity index is 1540. The van der Waals surface area contributed by atoms with Crippen LogP contribution in [0.1, 0.15) is 36.5 Å². The average molecular weight is 545 g/mol. The zero-order chi connectivity index (χ0) is 28.8. The number of carboxylic acids is 1. The first-order valence-corrected chi connectivity index (χ1v) is 13.1. The number of carbonyl (C=O) groups excluding carboxylic acids is 1. The van der Waals surface area contributed by atoms with E-state index in [4.69, 9.17) is 10.1 Å². The van der Waals surface area contributed by atoms with E-state index in [9.17, 15) is 19.1 Å². The molecule has 1 heterocycles. The van der Waals surface area contributed by atoms with Gasteiger partial charge in [0.05, 0.1) is 22.5 Å². The number of benzene rings is 3. The molecule has 0 saturated carbocycles. The van der Waals surface area contributed by atoms with Gasteiger partial charge >= 0.3 is 5.97 Å². The lowest BCUT2D eigenvalue weighted by atomic mass is 9.97. The fraction of sp³-hybridized carbons (Fsp3) is 0.258. The molecule has 9 heteroatoms. The number of aryl methyl sites for hydroxylation is 1. The molecule has 0 bridgehead atoms. The predicted octanol–water partition coefficient (Wildman–Crippen LogP) is 5.50. The Kier molecular flexibility index (Phi) is 8.96. The molecule has 8 nitrogen and oxygen atoms in total. The number of hydrogen-bond donors (Lipinski definition) is 3. The highest BCUT2D eigenvalue weighted by molar-refractivity contribution is 6.22. The van der Waals surface area contributed by atoms with Crippen molar-refractivity contribution in [2.75, 3.05) is 32.1 Å². The van der Waals surface area contributed by atoms with Crippen molar-refractivity contribution in [3.05, 3.63) is 89.2 Å². The summed E-state index contributed by atoms with van der Waals surface area (Å²) >= 11 is 0. The van der Waals surface area contributed by atoms with E-state index < -0.39 is 11.8 Å². The van der Waals surface area contributed by atoms with Gasteiger partial charge in [-0.15, -0.1) is 0 Å². The maximum Gasteiger partial charge on any atom is 0.303 e. The van der Waals surface area contributed by atoms with Crippen LogP contribution in [0.3, 0.4) is 0 Å². The summed E-state index contributed by atoms with van der Waals surface area (Å²) < 4.78 is 13.9. The number of aliphatic imine (C=N–C) groups is 1. The van der Waals surface area contributed by atoms with Crippen LogP contribution in [0.15, 0.2) is 71.7 Å². The molecule has 0 unspecified atom stereocenters. The number of carbonyl (C=O) groups is 2. The number of anilines is 1. The Morgan fingerprint density at radius 2 is 1.75 bits per heavy atom. The first-order chi connectivity index (χ1) is 19.1. The minimum Gasteiger partial charge on any atom is -0.494 e. The SMILES string of the molecule is CC(=O)N(CCCN(C)C)c1ccc(N=C(c2cccc(CCC(=O)O)c2)c2c(O)[nH]c3cc(F)ccc23)cc1. The van der Waals surface area contributed by atoms with E-state index >= 15 is 0 Å². The molecular weight excluding hydrogens is 511 g/mol. The lowest BCUT2D eigenvalue weighted by Crippen LogP contribution is -2.31. The second kappa shape index (κ2) is 12.6. The number of aliphatic carboxylic acids is 1. The van der Waals surface area contributed by atoms with Gasteiger partial charge < -0.3 is 25.0 Å². The van der Waals surface area contributed by atoms with Crippen molar-refractivity contribution in [3.63, 3.8) is 0 Å². The Morgan fingerprint density at radius 3 is 2.42 bits per heavy atom. The third-order valence-corrected chi connectivity index (χ3v) is 6.58. The maximum absolute atomic E-state index is 13.9. The van der Waals surface area contributed by atoms with Crippen LogP contribution in [0.25, 0.3) is 10.9 Å². The first kappa shape index (κ1) is 28.5. The summed E-state index contributed by atoms with van der Waals surface area (Å²) in [4.78, 5) is 35.0. The number of fused-ring (bicyclic) bond motifs is 1. The lowest BCUT2D eigenvalue weighted by Gasteiger charge is -2.22. The second-order valence-electron chi connectivity index (χ2n) is 9.94. The van der Waals surface area contributed by atoms with Crippen LogP contribution < -0.4 is 4.90 Å². The van der Waals surface area contributed by atoms with Crippen molar-refractivity contribution in [2.45, 2.75) is 26.2 Å². The van der Waals surface area contributed by atoms with Crippen LogP contribution >= 0.6 is 0 Å². The van der Waals surface area contributed by atoms with Crippen molar-refractivity contribution in [1.29, 1.82) is 0 Å². The molecule has 0 atom stereocenters.